The van der Waals surface area contributed by atoms with Crippen LogP contribution in [0.1, 0.15) is 52.5 Å². The van der Waals surface area contributed by atoms with Crippen LogP contribution in [0.25, 0.3) is 22.3 Å². The molecule has 0 aliphatic heterocycles. The van der Waals surface area contributed by atoms with Gasteiger partial charge >= 0.3 is 18.0 Å². The fourth-order valence-corrected chi connectivity index (χ4v) is 4.04. The van der Waals surface area contributed by atoms with Crippen molar-refractivity contribution in [1.82, 2.24) is 5.32 Å². The average Bonchev–Trinajstić information content (AvgIpc) is 3.09. The summed E-state index contributed by atoms with van der Waals surface area (Å²) in [5, 5.41) is 6.87. The second-order valence-corrected chi connectivity index (χ2v) is 10.7. The van der Waals surface area contributed by atoms with E-state index in [2.05, 4.69) is 10.6 Å². The zero-order valence-electron chi connectivity index (χ0n) is 34.8. The molecule has 0 aliphatic rings. The van der Waals surface area contributed by atoms with Gasteiger partial charge in [0.2, 0.25) is 0 Å². The molecule has 0 spiro atoms. The quantitative estimate of drug-likeness (QED) is 0.105. The Hall–Kier alpha value is -5.35. The zero-order valence-corrected chi connectivity index (χ0v) is 26.8. The molecule has 0 heterocycles. The van der Waals surface area contributed by atoms with Crippen molar-refractivity contribution in [2.75, 3.05) is 50.8 Å². The van der Waals surface area contributed by atoms with Crippen molar-refractivity contribution in [2.24, 2.45) is 5.73 Å². The summed E-state index contributed by atoms with van der Waals surface area (Å²) in [6.07, 6.45) is -1.07. The molecule has 0 saturated heterocycles. The molecular weight excluding hydrogens is 596 g/mol. The highest BCUT2D eigenvalue weighted by atomic mass is 16.6. The summed E-state index contributed by atoms with van der Waals surface area (Å²) >= 11 is 0. The van der Waals surface area contributed by atoms with Crippen molar-refractivity contribution < 1.29 is 39.6 Å². The third-order valence-corrected chi connectivity index (χ3v) is 6.07. The highest BCUT2D eigenvalue weighted by molar-refractivity contribution is 5.91. The predicted octanol–water partition coefficient (Wildman–Crippen LogP) is 6.59. The Morgan fingerprint density at radius 2 is 1.09 bits per heavy atom. The van der Waals surface area contributed by atoms with Crippen LogP contribution in [0, 0.1) is 0 Å². The van der Waals surface area contributed by atoms with Crippen LogP contribution < -0.4 is 21.7 Å². The van der Waals surface area contributed by atoms with Crippen molar-refractivity contribution in [3.05, 3.63) is 108 Å². The Labute approximate surface area is 287 Å². The van der Waals surface area contributed by atoms with Crippen LogP contribution >= 0.6 is 0 Å². The number of alkyl carbamates (subject to hydrolysis) is 1. The van der Waals surface area contributed by atoms with Gasteiger partial charge in [-0.3, -0.25) is 0 Å². The smallest absolute Gasteiger partial charge is 0.407 e. The average molecular weight is 649 g/mol. The lowest BCUT2D eigenvalue weighted by atomic mass is 10.0. The number of methoxy groups -OCH3 is 2. The van der Waals surface area contributed by atoms with Crippen molar-refractivity contribution >= 4 is 29.4 Å². The predicted molar refractivity (Wildman–Crippen MR) is 187 cm³/mol. The summed E-state index contributed by atoms with van der Waals surface area (Å²) in [6, 6.07) is 26.9. The van der Waals surface area contributed by atoms with E-state index in [1.807, 2.05) is 11.4 Å². The Balaban J connectivity index is 0.000000305. The van der Waals surface area contributed by atoms with Crippen molar-refractivity contribution in [3.8, 4) is 22.3 Å². The molecule has 4 aromatic carbocycles. The molecule has 248 valence electrons. The molecule has 0 radical (unpaired) electrons. The van der Waals surface area contributed by atoms with Crippen molar-refractivity contribution in [3.63, 3.8) is 0 Å². The van der Waals surface area contributed by atoms with E-state index in [9.17, 15) is 14.4 Å². The molecule has 47 heavy (non-hydrogen) atoms. The summed E-state index contributed by atoms with van der Waals surface area (Å²) in [6.45, 7) is -5.58. The number of benzene rings is 4. The standard InChI is InChI=1S/C21H26N2O4.C16H18N2O2/c1-21(2,3)27-20(25)23-12-11-22-18-10-6-8-16(14-18)15-7-5-9-17(13-15)19(24)26-4;1-20-16(19)14-6-2-4-12(10-14)13-5-3-7-15(11-13)18-9-8-17/h5-10,13-14,22H,11-12H2,1-4H3,(H,23,25);2-7,10-11,18H,8-9,17H2,1H3/i11D2,12D2;8D2,9D2. The van der Waals surface area contributed by atoms with Crippen molar-refractivity contribution in [1.29, 1.82) is 0 Å². The fraction of sp³-hybridized carbons (Fsp3) is 0.270. The van der Waals surface area contributed by atoms with E-state index in [0.717, 1.165) is 11.1 Å². The van der Waals surface area contributed by atoms with Crippen LogP contribution in [-0.4, -0.2) is 63.8 Å². The van der Waals surface area contributed by atoms with E-state index in [0.29, 0.717) is 27.9 Å². The number of amides is 1. The van der Waals surface area contributed by atoms with Gasteiger partial charge in [0.1, 0.15) is 5.60 Å². The molecule has 0 atom stereocenters. The Kier molecular flexibility index (Phi) is 9.86. The molecule has 0 fully saturated rings. The Morgan fingerprint density at radius 1 is 0.660 bits per heavy atom. The van der Waals surface area contributed by atoms with E-state index < -0.39 is 49.6 Å². The number of nitrogens with one attached hydrogen (secondary N) is 3. The maximum absolute atomic E-state index is 11.9. The van der Waals surface area contributed by atoms with Crippen LogP contribution in [-0.2, 0) is 14.2 Å². The topological polar surface area (TPSA) is 141 Å². The van der Waals surface area contributed by atoms with E-state index in [1.165, 1.54) is 14.2 Å². The van der Waals surface area contributed by atoms with Gasteiger partial charge in [0.05, 0.1) is 33.6 Å². The molecule has 0 bridgehead atoms. The van der Waals surface area contributed by atoms with Gasteiger partial charge in [-0.25, -0.2) is 14.4 Å². The first-order chi connectivity index (χ1) is 25.4. The minimum Gasteiger partial charge on any atom is -0.465 e. The van der Waals surface area contributed by atoms with Gasteiger partial charge in [-0.1, -0.05) is 48.5 Å². The van der Waals surface area contributed by atoms with Crippen LogP contribution in [0.3, 0.4) is 0 Å². The molecule has 1 amide bonds. The van der Waals surface area contributed by atoms with Gasteiger partial charge in [-0.05, 0) is 91.6 Å². The number of carbonyl (C=O) groups excluding carboxylic acids is 3. The van der Waals surface area contributed by atoms with Gasteiger partial charge in [0, 0.05) is 40.1 Å². The molecule has 10 heteroatoms. The second-order valence-electron chi connectivity index (χ2n) is 10.7. The van der Waals surface area contributed by atoms with Gasteiger partial charge < -0.3 is 35.9 Å². The minimum atomic E-state index is -2.78. The largest absolute Gasteiger partial charge is 0.465 e. The summed E-state index contributed by atoms with van der Waals surface area (Å²) in [7, 11) is 2.60. The highest BCUT2D eigenvalue weighted by Gasteiger charge is 2.15. The van der Waals surface area contributed by atoms with E-state index >= 15 is 0 Å². The molecule has 0 saturated carbocycles. The monoisotopic (exact) mass is 648 g/mol. The maximum atomic E-state index is 11.9. The number of ether oxygens (including phenoxy) is 3. The SMILES string of the molecule is [2H]C([2H])(N)C([2H])([2H])Nc1cccc(-c2cccc(C(=O)OC)c2)c1.[2H]C([2H])(NC(=O)OC(C)(C)C)C([2H])([2H])Nc1cccc(-c2cccc(C(=O)OC)c2)c1. The van der Waals surface area contributed by atoms with Crippen molar-refractivity contribution in [2.45, 2.75) is 26.4 Å². The molecular formula is C37H44N4O6. The number of hydrogen-bond acceptors (Lipinski definition) is 9. The summed E-state index contributed by atoms with van der Waals surface area (Å²) in [5.74, 6) is -0.923. The molecule has 0 unspecified atom stereocenters. The number of nitrogens with two attached hydrogens (primary N) is 1. The van der Waals surface area contributed by atoms with Gasteiger partial charge in [0.15, 0.2) is 0 Å². The summed E-state index contributed by atoms with van der Waals surface area (Å²) in [4.78, 5) is 35.3. The molecule has 0 aromatic heterocycles. The van der Waals surface area contributed by atoms with Crippen LogP contribution in [0.15, 0.2) is 97.1 Å². The Bertz CT molecular complexity index is 1980. The normalized spacial score (nSPS) is 14.3. The first-order valence-electron chi connectivity index (χ1n) is 18.3. The molecule has 4 rings (SSSR count). The zero-order chi connectivity index (χ0) is 41.4. The molecule has 5 N–H and O–H groups in total. The molecule has 4 aromatic rings. The van der Waals surface area contributed by atoms with E-state index in [4.69, 9.17) is 30.9 Å². The number of anilines is 2. The third kappa shape index (κ3) is 12.2. The minimum absolute atomic E-state index is 0.279. The van der Waals surface area contributed by atoms with Gasteiger partial charge in [-0.15, -0.1) is 0 Å². The number of carbonyl (C=O) groups is 3. The van der Waals surface area contributed by atoms with Gasteiger partial charge in [-0.2, -0.15) is 0 Å². The maximum Gasteiger partial charge on any atom is 0.407 e. The highest BCUT2D eigenvalue weighted by Crippen LogP contribution is 2.25. The summed E-state index contributed by atoms with van der Waals surface area (Å²) < 4.78 is 76.8. The first-order valence-corrected chi connectivity index (χ1v) is 14.3. The lowest BCUT2D eigenvalue weighted by molar-refractivity contribution is 0.0527. The van der Waals surface area contributed by atoms with Crippen LogP contribution in [0.5, 0.6) is 0 Å². The summed E-state index contributed by atoms with van der Waals surface area (Å²) in [5.41, 5.74) is 8.64. The number of hydrogen-bond donors (Lipinski definition) is 4. The Morgan fingerprint density at radius 3 is 1.51 bits per heavy atom. The van der Waals surface area contributed by atoms with Gasteiger partial charge in [0.25, 0.3) is 0 Å². The van der Waals surface area contributed by atoms with E-state index in [-0.39, 0.29) is 5.69 Å². The van der Waals surface area contributed by atoms with Crippen LogP contribution in [0.4, 0.5) is 16.2 Å². The van der Waals surface area contributed by atoms with Crippen LogP contribution in [0.2, 0.25) is 0 Å². The first kappa shape index (κ1) is 25.8. The molecule has 0 aliphatic carbocycles. The lowest BCUT2D eigenvalue weighted by Gasteiger charge is -2.19. The number of esters is 2. The second kappa shape index (κ2) is 18.0. The fourth-order valence-electron chi connectivity index (χ4n) is 4.04. The van der Waals surface area contributed by atoms with E-state index in [1.54, 1.807) is 112 Å². The third-order valence-electron chi connectivity index (χ3n) is 6.07. The number of rotatable bonds is 11. The lowest BCUT2D eigenvalue weighted by Crippen LogP contribution is -2.34. The molecule has 10 nitrogen and oxygen atoms in total.